The highest BCUT2D eigenvalue weighted by molar-refractivity contribution is 5.08. The van der Waals surface area contributed by atoms with Gasteiger partial charge in [0.25, 0.3) is 0 Å². The molecule has 2 aliphatic rings. The molecule has 0 bridgehead atoms. The summed E-state index contributed by atoms with van der Waals surface area (Å²) in [6.45, 7) is 6.04. The summed E-state index contributed by atoms with van der Waals surface area (Å²) in [6, 6.07) is 2.53. The third-order valence-corrected chi connectivity index (χ3v) is 4.53. The lowest BCUT2D eigenvalue weighted by atomic mass is 9.53. The summed E-state index contributed by atoms with van der Waals surface area (Å²) in [5, 5.41) is 9.29. The van der Waals surface area contributed by atoms with Crippen LogP contribution < -0.4 is 5.73 Å². The van der Waals surface area contributed by atoms with Crippen LogP contribution in [0.3, 0.4) is 0 Å². The van der Waals surface area contributed by atoms with Gasteiger partial charge in [-0.15, -0.1) is 0 Å². The van der Waals surface area contributed by atoms with E-state index in [4.69, 9.17) is 5.73 Å². The van der Waals surface area contributed by atoms with Crippen molar-refractivity contribution in [2.45, 2.75) is 26.2 Å². The quantitative estimate of drug-likeness (QED) is 0.740. The molecule has 1 aliphatic heterocycles. The minimum atomic E-state index is 0.238. The van der Waals surface area contributed by atoms with Crippen molar-refractivity contribution >= 4 is 0 Å². The zero-order chi connectivity index (χ0) is 10.9. The van der Waals surface area contributed by atoms with Gasteiger partial charge in [-0.3, -0.25) is 0 Å². The molecule has 0 radical (unpaired) electrons. The van der Waals surface area contributed by atoms with Gasteiger partial charge < -0.3 is 10.6 Å². The number of hydrogen-bond acceptors (Lipinski definition) is 3. The average molecular weight is 207 g/mol. The van der Waals surface area contributed by atoms with Crippen molar-refractivity contribution in [1.82, 2.24) is 4.90 Å². The molecule has 1 spiro atoms. The molecule has 1 saturated carbocycles. The summed E-state index contributed by atoms with van der Waals surface area (Å²) in [7, 11) is 0. The first-order valence-electron chi connectivity index (χ1n) is 6.05. The van der Waals surface area contributed by atoms with Gasteiger partial charge >= 0.3 is 0 Å². The van der Waals surface area contributed by atoms with Gasteiger partial charge in [-0.05, 0) is 24.2 Å². The Labute approximate surface area is 92.2 Å². The van der Waals surface area contributed by atoms with Gasteiger partial charge in [0.05, 0.1) is 12.0 Å². The fraction of sp³-hybridized carbons (Fsp3) is 0.917. The number of nitrogens with two attached hydrogens (primary N) is 1. The lowest BCUT2D eigenvalue weighted by molar-refractivity contribution is -0.0535. The van der Waals surface area contributed by atoms with Gasteiger partial charge in [0, 0.05) is 26.2 Å². The van der Waals surface area contributed by atoms with Gasteiger partial charge in [0.1, 0.15) is 0 Å². The van der Waals surface area contributed by atoms with E-state index >= 15 is 0 Å². The fourth-order valence-corrected chi connectivity index (χ4v) is 3.39. The molecule has 15 heavy (non-hydrogen) atoms. The standard InChI is InChI=1S/C12H21N3/c1-10-8-15(6-5-13)9-11(7-14)12(10)3-2-4-12/h10-11H,2-6,8-9,13H2,1H3. The first kappa shape index (κ1) is 10.9. The van der Waals surface area contributed by atoms with Gasteiger partial charge in [-0.1, -0.05) is 13.3 Å². The van der Waals surface area contributed by atoms with E-state index in [-0.39, 0.29) is 5.92 Å². The number of hydrogen-bond donors (Lipinski definition) is 1. The largest absolute Gasteiger partial charge is 0.329 e. The Morgan fingerprint density at radius 1 is 1.47 bits per heavy atom. The van der Waals surface area contributed by atoms with E-state index in [1.165, 1.54) is 19.3 Å². The van der Waals surface area contributed by atoms with E-state index in [0.717, 1.165) is 19.6 Å². The number of nitriles is 1. The Kier molecular flexibility index (Phi) is 2.99. The minimum Gasteiger partial charge on any atom is -0.329 e. The van der Waals surface area contributed by atoms with Crippen molar-refractivity contribution in [3.8, 4) is 6.07 Å². The van der Waals surface area contributed by atoms with Gasteiger partial charge in [0.2, 0.25) is 0 Å². The van der Waals surface area contributed by atoms with Crippen LogP contribution in [-0.2, 0) is 0 Å². The molecule has 2 unspecified atom stereocenters. The second-order valence-corrected chi connectivity index (χ2v) is 5.22. The molecule has 0 amide bonds. The predicted molar refractivity (Wildman–Crippen MR) is 60.0 cm³/mol. The van der Waals surface area contributed by atoms with Crippen molar-refractivity contribution in [3.63, 3.8) is 0 Å². The van der Waals surface area contributed by atoms with Crippen LogP contribution >= 0.6 is 0 Å². The van der Waals surface area contributed by atoms with Crippen molar-refractivity contribution in [2.24, 2.45) is 23.0 Å². The van der Waals surface area contributed by atoms with Crippen LogP contribution in [0.1, 0.15) is 26.2 Å². The molecule has 3 nitrogen and oxygen atoms in total. The van der Waals surface area contributed by atoms with Crippen molar-refractivity contribution in [1.29, 1.82) is 5.26 Å². The maximum Gasteiger partial charge on any atom is 0.0675 e. The number of likely N-dealkylation sites (tertiary alicyclic amines) is 1. The molecule has 0 aromatic heterocycles. The van der Waals surface area contributed by atoms with Gasteiger partial charge in [-0.2, -0.15) is 5.26 Å². The Morgan fingerprint density at radius 3 is 2.67 bits per heavy atom. The monoisotopic (exact) mass is 207 g/mol. The topological polar surface area (TPSA) is 53.0 Å². The molecule has 3 heteroatoms. The maximum absolute atomic E-state index is 9.29. The van der Waals surface area contributed by atoms with Crippen LogP contribution in [0.25, 0.3) is 0 Å². The molecule has 1 aliphatic carbocycles. The highest BCUT2D eigenvalue weighted by Crippen LogP contribution is 2.54. The van der Waals surface area contributed by atoms with E-state index in [9.17, 15) is 5.26 Å². The highest BCUT2D eigenvalue weighted by Gasteiger charge is 2.51. The third kappa shape index (κ3) is 1.66. The Bertz CT molecular complexity index is 265. The normalized spacial score (nSPS) is 34.7. The van der Waals surface area contributed by atoms with E-state index in [2.05, 4.69) is 17.9 Å². The molecule has 2 atom stereocenters. The van der Waals surface area contributed by atoms with Crippen LogP contribution in [0.4, 0.5) is 0 Å². The van der Waals surface area contributed by atoms with E-state index in [0.29, 0.717) is 17.9 Å². The molecule has 84 valence electrons. The van der Waals surface area contributed by atoms with Crippen molar-refractivity contribution in [3.05, 3.63) is 0 Å². The van der Waals surface area contributed by atoms with Crippen LogP contribution in [0.2, 0.25) is 0 Å². The summed E-state index contributed by atoms with van der Waals surface area (Å²) in [4.78, 5) is 2.36. The molecule has 1 heterocycles. The highest BCUT2D eigenvalue weighted by atomic mass is 15.1. The molecular formula is C12H21N3. The number of rotatable bonds is 2. The van der Waals surface area contributed by atoms with Crippen LogP contribution in [0.15, 0.2) is 0 Å². The lowest BCUT2D eigenvalue weighted by Gasteiger charge is -2.55. The molecule has 2 N–H and O–H groups in total. The Morgan fingerprint density at radius 2 is 2.20 bits per heavy atom. The van der Waals surface area contributed by atoms with Gasteiger partial charge in [0.15, 0.2) is 0 Å². The maximum atomic E-state index is 9.29. The second kappa shape index (κ2) is 4.11. The zero-order valence-corrected chi connectivity index (χ0v) is 9.58. The molecule has 2 rings (SSSR count). The van der Waals surface area contributed by atoms with Crippen LogP contribution in [-0.4, -0.2) is 31.1 Å². The first-order chi connectivity index (χ1) is 7.23. The summed E-state index contributed by atoms with van der Waals surface area (Å²) in [6.07, 6.45) is 3.85. The number of piperidine rings is 1. The Balaban J connectivity index is 2.07. The van der Waals surface area contributed by atoms with E-state index in [1.54, 1.807) is 0 Å². The van der Waals surface area contributed by atoms with E-state index < -0.39 is 0 Å². The summed E-state index contributed by atoms with van der Waals surface area (Å²) in [5.74, 6) is 0.901. The summed E-state index contributed by atoms with van der Waals surface area (Å²) < 4.78 is 0. The molecule has 0 aromatic rings. The van der Waals surface area contributed by atoms with Crippen molar-refractivity contribution in [2.75, 3.05) is 26.2 Å². The zero-order valence-electron chi connectivity index (χ0n) is 9.58. The smallest absolute Gasteiger partial charge is 0.0675 e. The first-order valence-corrected chi connectivity index (χ1v) is 6.05. The molecule has 2 fully saturated rings. The molecular weight excluding hydrogens is 186 g/mol. The summed E-state index contributed by atoms with van der Waals surface area (Å²) in [5.41, 5.74) is 5.94. The van der Waals surface area contributed by atoms with Crippen molar-refractivity contribution < 1.29 is 0 Å². The van der Waals surface area contributed by atoms with Crippen LogP contribution in [0, 0.1) is 28.6 Å². The number of nitrogens with zero attached hydrogens (tertiary/aromatic N) is 2. The molecule has 1 saturated heterocycles. The average Bonchev–Trinajstić information content (AvgIpc) is 2.14. The van der Waals surface area contributed by atoms with E-state index in [1.807, 2.05) is 0 Å². The summed E-state index contributed by atoms with van der Waals surface area (Å²) >= 11 is 0. The second-order valence-electron chi connectivity index (χ2n) is 5.22. The Hall–Kier alpha value is -0.590. The fourth-order valence-electron chi connectivity index (χ4n) is 3.39. The minimum absolute atomic E-state index is 0.238. The third-order valence-electron chi connectivity index (χ3n) is 4.53. The van der Waals surface area contributed by atoms with Crippen LogP contribution in [0.5, 0.6) is 0 Å². The SMILES string of the molecule is CC1CN(CCN)CC(C#N)C12CCC2. The van der Waals surface area contributed by atoms with Gasteiger partial charge in [-0.25, -0.2) is 0 Å². The lowest BCUT2D eigenvalue weighted by Crippen LogP contribution is -2.56. The molecule has 0 aromatic carbocycles. The predicted octanol–water partition coefficient (Wildman–Crippen LogP) is 1.21.